The molecule has 5 rings (SSSR count). The molecule has 164 valence electrons. The second kappa shape index (κ2) is 8.49. The second-order valence-electron chi connectivity index (χ2n) is 8.25. The molecular formula is C25H24FN3O3. The molecule has 3 heterocycles. The quantitative estimate of drug-likeness (QED) is 0.642. The number of nitrogens with zero attached hydrogens (tertiary/aromatic N) is 2. The molecule has 1 aromatic heterocycles. The van der Waals surface area contributed by atoms with Gasteiger partial charge in [-0.25, -0.2) is 4.39 Å². The maximum atomic E-state index is 13.1. The minimum absolute atomic E-state index is 0.186. The molecule has 2 aliphatic rings. The minimum atomic E-state index is -0.347. The van der Waals surface area contributed by atoms with Crippen molar-refractivity contribution in [1.82, 2.24) is 4.90 Å². The highest BCUT2D eigenvalue weighted by Gasteiger charge is 2.33. The average molecular weight is 433 g/mol. The SMILES string of the molecule is O=C(Nc1ccc(N2CCC(N3CCCC3=O)C2)cc1)c1ccc(-c2ccc(F)cc2)o1. The molecular weight excluding hydrogens is 409 g/mol. The standard InChI is InChI=1S/C25H24FN3O3/c26-18-5-3-17(4-6-18)22-11-12-23(32-22)25(31)27-19-7-9-20(10-8-19)28-15-13-21(16-28)29-14-1-2-24(29)30/h3-12,21H,1-2,13-16H2,(H,27,31). The molecule has 0 aliphatic carbocycles. The van der Waals surface area contributed by atoms with E-state index >= 15 is 0 Å². The number of hydrogen-bond donors (Lipinski definition) is 1. The van der Waals surface area contributed by atoms with Gasteiger partial charge in [0.05, 0.1) is 6.04 Å². The Morgan fingerprint density at radius 1 is 1.00 bits per heavy atom. The minimum Gasteiger partial charge on any atom is -0.451 e. The number of anilines is 2. The van der Waals surface area contributed by atoms with Gasteiger partial charge >= 0.3 is 0 Å². The van der Waals surface area contributed by atoms with Crippen LogP contribution in [0.4, 0.5) is 15.8 Å². The lowest BCUT2D eigenvalue weighted by Crippen LogP contribution is -2.38. The first-order valence-corrected chi connectivity index (χ1v) is 10.9. The van der Waals surface area contributed by atoms with Crippen LogP contribution < -0.4 is 10.2 Å². The summed E-state index contributed by atoms with van der Waals surface area (Å²) in [6, 6.07) is 17.2. The van der Waals surface area contributed by atoms with Crippen LogP contribution in [0, 0.1) is 5.82 Å². The Bertz CT molecular complexity index is 1120. The van der Waals surface area contributed by atoms with E-state index in [1.165, 1.54) is 12.1 Å². The van der Waals surface area contributed by atoms with Crippen molar-refractivity contribution in [2.45, 2.75) is 25.3 Å². The number of likely N-dealkylation sites (tertiary alicyclic amines) is 1. The van der Waals surface area contributed by atoms with Crippen molar-refractivity contribution in [2.24, 2.45) is 0 Å². The van der Waals surface area contributed by atoms with Crippen molar-refractivity contribution >= 4 is 23.2 Å². The summed E-state index contributed by atoms with van der Waals surface area (Å²) in [4.78, 5) is 28.9. The molecule has 0 bridgehead atoms. The summed E-state index contributed by atoms with van der Waals surface area (Å²) in [7, 11) is 0. The lowest BCUT2D eigenvalue weighted by molar-refractivity contribution is -0.129. The highest BCUT2D eigenvalue weighted by atomic mass is 19.1. The molecule has 2 fully saturated rings. The van der Waals surface area contributed by atoms with Crippen LogP contribution in [0.15, 0.2) is 65.1 Å². The van der Waals surface area contributed by atoms with Gasteiger partial charge in [0.15, 0.2) is 5.76 Å². The summed E-state index contributed by atoms with van der Waals surface area (Å²) in [6.45, 7) is 2.63. The Morgan fingerprint density at radius 2 is 1.78 bits per heavy atom. The van der Waals surface area contributed by atoms with Gasteiger partial charge in [0, 0.05) is 43.0 Å². The Labute approximate surface area is 185 Å². The van der Waals surface area contributed by atoms with Crippen molar-refractivity contribution in [2.75, 3.05) is 29.9 Å². The average Bonchev–Trinajstić information content (AvgIpc) is 3.55. The Balaban J connectivity index is 1.20. The lowest BCUT2D eigenvalue weighted by atomic mass is 10.2. The van der Waals surface area contributed by atoms with Gasteiger partial charge in [0.2, 0.25) is 5.91 Å². The van der Waals surface area contributed by atoms with Gasteiger partial charge in [-0.2, -0.15) is 0 Å². The van der Waals surface area contributed by atoms with Gasteiger partial charge in [0.25, 0.3) is 5.91 Å². The first-order chi connectivity index (χ1) is 15.6. The lowest BCUT2D eigenvalue weighted by Gasteiger charge is -2.25. The summed E-state index contributed by atoms with van der Waals surface area (Å²) < 4.78 is 18.7. The Morgan fingerprint density at radius 3 is 2.50 bits per heavy atom. The van der Waals surface area contributed by atoms with E-state index in [2.05, 4.69) is 10.2 Å². The number of benzene rings is 2. The first-order valence-electron chi connectivity index (χ1n) is 10.9. The van der Waals surface area contributed by atoms with Crippen LogP contribution >= 0.6 is 0 Å². The summed E-state index contributed by atoms with van der Waals surface area (Å²) in [5, 5.41) is 2.85. The van der Waals surface area contributed by atoms with Crippen LogP contribution in [-0.2, 0) is 4.79 Å². The highest BCUT2D eigenvalue weighted by Crippen LogP contribution is 2.27. The summed E-state index contributed by atoms with van der Waals surface area (Å²) in [5.41, 5.74) is 2.45. The smallest absolute Gasteiger partial charge is 0.291 e. The normalized spacial score (nSPS) is 18.4. The van der Waals surface area contributed by atoms with Crippen LogP contribution in [0.1, 0.15) is 29.8 Å². The number of carbonyl (C=O) groups is 2. The van der Waals surface area contributed by atoms with Gasteiger partial charge in [0.1, 0.15) is 11.6 Å². The van der Waals surface area contributed by atoms with Gasteiger partial charge in [-0.15, -0.1) is 0 Å². The number of hydrogen-bond acceptors (Lipinski definition) is 4. The van der Waals surface area contributed by atoms with Crippen LogP contribution in [0.5, 0.6) is 0 Å². The van der Waals surface area contributed by atoms with Crippen LogP contribution in [0.3, 0.4) is 0 Å². The Kier molecular flexibility index (Phi) is 5.39. The third-order valence-electron chi connectivity index (χ3n) is 6.16. The monoisotopic (exact) mass is 433 g/mol. The zero-order chi connectivity index (χ0) is 22.1. The van der Waals surface area contributed by atoms with Crippen molar-refractivity contribution in [3.63, 3.8) is 0 Å². The third kappa shape index (κ3) is 4.10. The number of nitrogens with one attached hydrogen (secondary N) is 1. The number of halogens is 1. The van der Waals surface area contributed by atoms with Gasteiger partial charge in [-0.3, -0.25) is 9.59 Å². The molecule has 2 aliphatic heterocycles. The molecule has 0 spiro atoms. The first kappa shape index (κ1) is 20.3. The van der Waals surface area contributed by atoms with Gasteiger partial charge in [-0.1, -0.05) is 0 Å². The number of rotatable bonds is 5. The number of amides is 2. The molecule has 2 aromatic carbocycles. The predicted molar refractivity (Wildman–Crippen MR) is 120 cm³/mol. The molecule has 7 heteroatoms. The maximum absolute atomic E-state index is 13.1. The van der Waals surface area contributed by atoms with Crippen molar-refractivity contribution in [3.05, 3.63) is 72.2 Å². The third-order valence-corrected chi connectivity index (χ3v) is 6.16. The van der Waals surface area contributed by atoms with Crippen molar-refractivity contribution < 1.29 is 18.4 Å². The highest BCUT2D eigenvalue weighted by molar-refractivity contribution is 6.02. The van der Waals surface area contributed by atoms with E-state index in [-0.39, 0.29) is 23.4 Å². The fourth-order valence-electron chi connectivity index (χ4n) is 4.46. The molecule has 2 saturated heterocycles. The molecule has 1 atom stereocenters. The number of carbonyl (C=O) groups excluding carboxylic acids is 2. The molecule has 0 radical (unpaired) electrons. The van der Waals surface area contributed by atoms with E-state index in [0.29, 0.717) is 29.5 Å². The fraction of sp³-hybridized carbons (Fsp3) is 0.280. The fourth-order valence-corrected chi connectivity index (χ4v) is 4.46. The van der Waals surface area contributed by atoms with Crippen molar-refractivity contribution in [3.8, 4) is 11.3 Å². The van der Waals surface area contributed by atoms with Crippen molar-refractivity contribution in [1.29, 1.82) is 0 Å². The molecule has 1 unspecified atom stereocenters. The molecule has 6 nitrogen and oxygen atoms in total. The summed E-state index contributed by atoms with van der Waals surface area (Å²) in [5.74, 6) is 0.294. The largest absolute Gasteiger partial charge is 0.451 e. The summed E-state index contributed by atoms with van der Waals surface area (Å²) in [6.07, 6.45) is 2.62. The van der Waals surface area contributed by atoms with E-state index in [1.807, 2.05) is 29.2 Å². The molecule has 3 aromatic rings. The van der Waals surface area contributed by atoms with E-state index in [1.54, 1.807) is 24.3 Å². The molecule has 1 N–H and O–H groups in total. The Hall–Kier alpha value is -3.61. The van der Waals surface area contributed by atoms with Crippen LogP contribution in [0.25, 0.3) is 11.3 Å². The van der Waals surface area contributed by atoms with Gasteiger partial charge in [-0.05, 0) is 73.5 Å². The van der Waals surface area contributed by atoms with Crippen LogP contribution in [0.2, 0.25) is 0 Å². The number of furan rings is 1. The van der Waals surface area contributed by atoms with E-state index in [9.17, 15) is 14.0 Å². The summed E-state index contributed by atoms with van der Waals surface area (Å²) >= 11 is 0. The topological polar surface area (TPSA) is 65.8 Å². The zero-order valence-corrected chi connectivity index (χ0v) is 17.6. The van der Waals surface area contributed by atoms with E-state index < -0.39 is 0 Å². The molecule has 0 saturated carbocycles. The molecule has 2 amide bonds. The second-order valence-corrected chi connectivity index (χ2v) is 8.25. The van der Waals surface area contributed by atoms with E-state index in [4.69, 9.17) is 4.42 Å². The molecule has 32 heavy (non-hydrogen) atoms. The van der Waals surface area contributed by atoms with Gasteiger partial charge < -0.3 is 19.5 Å². The zero-order valence-electron chi connectivity index (χ0n) is 17.6. The maximum Gasteiger partial charge on any atom is 0.291 e. The predicted octanol–water partition coefficient (Wildman–Crippen LogP) is 4.54. The van der Waals surface area contributed by atoms with E-state index in [0.717, 1.165) is 38.2 Å². The van der Waals surface area contributed by atoms with Crippen LogP contribution in [-0.4, -0.2) is 42.4 Å².